The molecule has 6 heteroatoms. The highest BCUT2D eigenvalue weighted by atomic mass is 32.2. The molecule has 0 spiro atoms. The summed E-state index contributed by atoms with van der Waals surface area (Å²) in [5, 5.41) is 2.77. The number of nitrogens with zero attached hydrogens (tertiary/aromatic N) is 1. The van der Waals surface area contributed by atoms with E-state index in [1.54, 1.807) is 29.2 Å². The molecule has 0 unspecified atom stereocenters. The summed E-state index contributed by atoms with van der Waals surface area (Å²) in [4.78, 5) is 25.5. The zero-order valence-electron chi connectivity index (χ0n) is 12.2. The van der Waals surface area contributed by atoms with Crippen LogP contribution in [-0.4, -0.2) is 54.5 Å². The quantitative estimate of drug-likeness (QED) is 0.829. The van der Waals surface area contributed by atoms with Crippen LogP contribution >= 0.6 is 11.8 Å². The lowest BCUT2D eigenvalue weighted by atomic mass is 10.2. The van der Waals surface area contributed by atoms with E-state index in [9.17, 15) is 9.59 Å². The van der Waals surface area contributed by atoms with Gasteiger partial charge in [-0.3, -0.25) is 9.59 Å². The van der Waals surface area contributed by atoms with Gasteiger partial charge in [0, 0.05) is 24.3 Å². The van der Waals surface area contributed by atoms with Gasteiger partial charge in [0.25, 0.3) is 0 Å². The largest absolute Gasteiger partial charge is 0.378 e. The molecule has 0 saturated carbocycles. The van der Waals surface area contributed by atoms with E-state index in [1.807, 2.05) is 0 Å². The minimum atomic E-state index is -0.144. The Bertz CT molecular complexity index is 577. The predicted octanol–water partition coefficient (Wildman–Crippen LogP) is 1.20. The highest BCUT2D eigenvalue weighted by Gasteiger charge is 2.16. The highest BCUT2D eigenvalue weighted by molar-refractivity contribution is 8.00. The number of thioether (sulfide) groups is 1. The molecule has 22 heavy (non-hydrogen) atoms. The van der Waals surface area contributed by atoms with Crippen molar-refractivity contribution < 1.29 is 14.3 Å². The second-order valence-electron chi connectivity index (χ2n) is 4.76. The Balaban J connectivity index is 1.71. The Morgan fingerprint density at radius 3 is 2.82 bits per heavy atom. The van der Waals surface area contributed by atoms with Gasteiger partial charge in [-0.1, -0.05) is 12.0 Å². The first-order valence-electron chi connectivity index (χ1n) is 6.99. The van der Waals surface area contributed by atoms with Gasteiger partial charge in [0.05, 0.1) is 24.7 Å². The molecule has 2 amide bonds. The molecule has 1 saturated heterocycles. The zero-order valence-corrected chi connectivity index (χ0v) is 13.0. The summed E-state index contributed by atoms with van der Waals surface area (Å²) < 4.78 is 5.20. The third kappa shape index (κ3) is 5.10. The fourth-order valence-electron chi connectivity index (χ4n) is 2.02. The van der Waals surface area contributed by atoms with Crippen LogP contribution in [0.25, 0.3) is 0 Å². The Morgan fingerprint density at radius 1 is 1.32 bits per heavy atom. The Hall–Kier alpha value is -1.97. The summed E-state index contributed by atoms with van der Waals surface area (Å²) in [6.07, 6.45) is 5.32. The summed E-state index contributed by atoms with van der Waals surface area (Å²) in [6.45, 7) is 2.43. The molecule has 1 aliphatic heterocycles. The number of morpholine rings is 1. The fraction of sp³-hybridized carbons (Fsp3) is 0.375. The molecule has 5 nitrogen and oxygen atoms in total. The average Bonchev–Trinajstić information content (AvgIpc) is 2.55. The highest BCUT2D eigenvalue weighted by Crippen LogP contribution is 2.11. The van der Waals surface area contributed by atoms with Crippen molar-refractivity contribution in [3.63, 3.8) is 0 Å². The molecule has 1 aliphatic rings. The lowest BCUT2D eigenvalue weighted by Gasteiger charge is -2.26. The molecule has 1 heterocycles. The van der Waals surface area contributed by atoms with Gasteiger partial charge in [-0.05, 0) is 18.2 Å². The Labute approximate surface area is 134 Å². The number of hydrogen-bond donors (Lipinski definition) is 1. The maximum absolute atomic E-state index is 11.9. The number of carbonyl (C=O) groups is 2. The summed E-state index contributed by atoms with van der Waals surface area (Å²) in [7, 11) is 0. The van der Waals surface area contributed by atoms with Crippen LogP contribution in [-0.2, 0) is 14.3 Å². The molecule has 1 aromatic carbocycles. The zero-order chi connectivity index (χ0) is 15.8. The van der Waals surface area contributed by atoms with Crippen molar-refractivity contribution >= 4 is 29.3 Å². The number of hydrogen-bond acceptors (Lipinski definition) is 4. The minimum absolute atomic E-state index is 0.0513. The van der Waals surface area contributed by atoms with Crippen LogP contribution in [0, 0.1) is 12.3 Å². The fourth-order valence-corrected chi connectivity index (χ4v) is 2.74. The van der Waals surface area contributed by atoms with Gasteiger partial charge in [0.2, 0.25) is 11.8 Å². The molecule has 0 atom stereocenters. The van der Waals surface area contributed by atoms with Crippen molar-refractivity contribution in [2.75, 3.05) is 43.1 Å². The van der Waals surface area contributed by atoms with Crippen LogP contribution in [0.2, 0.25) is 0 Å². The monoisotopic (exact) mass is 318 g/mol. The first-order valence-corrected chi connectivity index (χ1v) is 8.14. The van der Waals surface area contributed by atoms with E-state index in [0.717, 1.165) is 0 Å². The standard InChI is InChI=1S/C16H18N2O3S/c1-2-13-4-3-5-14(10-13)17-15(19)11-22-12-16(20)18-6-8-21-9-7-18/h1,3-5,10H,6-9,11-12H2,(H,17,19). The average molecular weight is 318 g/mol. The summed E-state index contributed by atoms with van der Waals surface area (Å²) >= 11 is 1.31. The molecule has 116 valence electrons. The maximum Gasteiger partial charge on any atom is 0.234 e. The van der Waals surface area contributed by atoms with Crippen molar-refractivity contribution in [1.29, 1.82) is 0 Å². The summed E-state index contributed by atoms with van der Waals surface area (Å²) in [5.41, 5.74) is 1.38. The number of benzene rings is 1. The maximum atomic E-state index is 11.9. The number of rotatable bonds is 5. The van der Waals surface area contributed by atoms with Gasteiger partial charge in [0.15, 0.2) is 0 Å². The van der Waals surface area contributed by atoms with E-state index in [2.05, 4.69) is 11.2 Å². The van der Waals surface area contributed by atoms with E-state index in [4.69, 9.17) is 11.2 Å². The number of amides is 2. The second kappa shape index (κ2) is 8.47. The molecule has 0 radical (unpaired) electrons. The van der Waals surface area contributed by atoms with Crippen LogP contribution in [0.15, 0.2) is 24.3 Å². The van der Waals surface area contributed by atoms with E-state index in [1.165, 1.54) is 11.8 Å². The SMILES string of the molecule is C#Cc1cccc(NC(=O)CSCC(=O)N2CCOCC2)c1. The number of ether oxygens (including phenoxy) is 1. The summed E-state index contributed by atoms with van der Waals surface area (Å²) in [5.74, 6) is 2.96. The van der Waals surface area contributed by atoms with Gasteiger partial charge >= 0.3 is 0 Å². The van der Waals surface area contributed by atoms with Gasteiger partial charge in [-0.25, -0.2) is 0 Å². The molecule has 1 N–H and O–H groups in total. The summed E-state index contributed by atoms with van der Waals surface area (Å²) in [6, 6.07) is 7.11. The van der Waals surface area contributed by atoms with E-state index in [0.29, 0.717) is 43.3 Å². The van der Waals surface area contributed by atoms with Crippen LogP contribution in [0.1, 0.15) is 5.56 Å². The molecule has 1 aromatic rings. The van der Waals surface area contributed by atoms with Crippen LogP contribution in [0.3, 0.4) is 0 Å². The van der Waals surface area contributed by atoms with Crippen molar-refractivity contribution in [2.24, 2.45) is 0 Å². The molecular weight excluding hydrogens is 300 g/mol. The Kier molecular flexibility index (Phi) is 6.31. The molecular formula is C16H18N2O3S. The van der Waals surface area contributed by atoms with E-state index in [-0.39, 0.29) is 17.6 Å². The van der Waals surface area contributed by atoms with Crippen molar-refractivity contribution in [2.45, 2.75) is 0 Å². The topological polar surface area (TPSA) is 58.6 Å². The molecule has 0 aromatic heterocycles. The third-order valence-corrected chi connectivity index (χ3v) is 4.05. The second-order valence-corrected chi connectivity index (χ2v) is 5.74. The smallest absolute Gasteiger partial charge is 0.234 e. The van der Waals surface area contributed by atoms with Gasteiger partial charge in [-0.2, -0.15) is 0 Å². The lowest BCUT2D eigenvalue weighted by molar-refractivity contribution is -0.132. The molecule has 2 rings (SSSR count). The first-order chi connectivity index (χ1) is 10.7. The Morgan fingerprint density at radius 2 is 2.09 bits per heavy atom. The van der Waals surface area contributed by atoms with Crippen molar-refractivity contribution in [3.8, 4) is 12.3 Å². The number of anilines is 1. The normalized spacial score (nSPS) is 14.2. The van der Waals surface area contributed by atoms with E-state index >= 15 is 0 Å². The molecule has 0 aliphatic carbocycles. The number of carbonyl (C=O) groups excluding carboxylic acids is 2. The van der Waals surface area contributed by atoms with Crippen molar-refractivity contribution in [1.82, 2.24) is 4.90 Å². The molecule has 1 fully saturated rings. The lowest BCUT2D eigenvalue weighted by Crippen LogP contribution is -2.41. The van der Waals surface area contributed by atoms with Crippen LogP contribution in [0.4, 0.5) is 5.69 Å². The van der Waals surface area contributed by atoms with E-state index < -0.39 is 0 Å². The molecule has 0 bridgehead atoms. The van der Waals surface area contributed by atoms with Crippen LogP contribution in [0.5, 0.6) is 0 Å². The first kappa shape index (κ1) is 16.4. The predicted molar refractivity (Wildman–Crippen MR) is 87.7 cm³/mol. The minimum Gasteiger partial charge on any atom is -0.378 e. The van der Waals surface area contributed by atoms with Gasteiger partial charge in [-0.15, -0.1) is 18.2 Å². The van der Waals surface area contributed by atoms with Gasteiger partial charge in [0.1, 0.15) is 0 Å². The van der Waals surface area contributed by atoms with Gasteiger partial charge < -0.3 is 15.0 Å². The third-order valence-electron chi connectivity index (χ3n) is 3.14. The number of terminal acetylenes is 1. The van der Waals surface area contributed by atoms with Crippen molar-refractivity contribution in [3.05, 3.63) is 29.8 Å². The van der Waals surface area contributed by atoms with Crippen LogP contribution < -0.4 is 5.32 Å². The number of nitrogens with one attached hydrogen (secondary N) is 1.